The molecule has 1 aromatic carbocycles. The number of benzene rings is 1. The molecule has 0 saturated carbocycles. The van der Waals surface area contributed by atoms with E-state index in [1.54, 1.807) is 19.2 Å². The molecule has 1 aliphatic rings. The zero-order chi connectivity index (χ0) is 17.9. The lowest BCUT2D eigenvalue weighted by atomic mass is 9.99. The van der Waals surface area contributed by atoms with Gasteiger partial charge < -0.3 is 40.3 Å². The number of phenols is 1. The van der Waals surface area contributed by atoms with Crippen molar-refractivity contribution in [3.05, 3.63) is 29.8 Å². The largest absolute Gasteiger partial charge is 0.508 e. The van der Waals surface area contributed by atoms with Crippen LogP contribution in [-0.4, -0.2) is 75.8 Å². The van der Waals surface area contributed by atoms with E-state index >= 15 is 0 Å². The standard InChI is InChI=1S/C15H21NO8/c1-16-6-9(7-3-2-4-8(17)5-7)23-15-12(20)10(18)11(19)13(24-15)14(21)22/h2-5,9-13,15-20H,6H2,1H3,(H,21,22)/t9-,10-,11-,12-,13?,15+/m0/s1. The molecule has 134 valence electrons. The first-order valence-corrected chi connectivity index (χ1v) is 7.36. The van der Waals surface area contributed by atoms with Crippen LogP contribution in [0.25, 0.3) is 0 Å². The number of carbonyl (C=O) groups is 1. The maximum absolute atomic E-state index is 11.1. The van der Waals surface area contributed by atoms with Gasteiger partial charge in [0.25, 0.3) is 0 Å². The predicted octanol–water partition coefficient (Wildman–Crippen LogP) is -1.44. The van der Waals surface area contributed by atoms with E-state index in [-0.39, 0.29) is 12.3 Å². The fraction of sp³-hybridized carbons (Fsp3) is 0.533. The lowest BCUT2D eigenvalue weighted by molar-refractivity contribution is -0.304. The van der Waals surface area contributed by atoms with E-state index in [0.29, 0.717) is 5.56 Å². The first kappa shape index (κ1) is 18.6. The third-order valence-electron chi connectivity index (χ3n) is 3.74. The molecule has 9 heteroatoms. The van der Waals surface area contributed by atoms with Crippen LogP contribution in [-0.2, 0) is 14.3 Å². The van der Waals surface area contributed by atoms with Gasteiger partial charge in [0.1, 0.15) is 24.1 Å². The molecule has 0 amide bonds. The van der Waals surface area contributed by atoms with Gasteiger partial charge in [-0.1, -0.05) is 12.1 Å². The van der Waals surface area contributed by atoms with Gasteiger partial charge in [-0.2, -0.15) is 0 Å². The molecule has 1 heterocycles. The Bertz CT molecular complexity index is 568. The van der Waals surface area contributed by atoms with Gasteiger partial charge >= 0.3 is 5.97 Å². The Kier molecular flexibility index (Phi) is 6.10. The average Bonchev–Trinajstić information content (AvgIpc) is 2.54. The van der Waals surface area contributed by atoms with Crippen LogP contribution < -0.4 is 5.32 Å². The van der Waals surface area contributed by atoms with E-state index in [1.165, 1.54) is 12.1 Å². The van der Waals surface area contributed by atoms with Crippen molar-refractivity contribution in [1.82, 2.24) is 5.32 Å². The highest BCUT2D eigenvalue weighted by molar-refractivity contribution is 5.73. The van der Waals surface area contributed by atoms with Crippen molar-refractivity contribution >= 4 is 5.97 Å². The second-order valence-electron chi connectivity index (χ2n) is 5.51. The minimum atomic E-state index is -1.78. The van der Waals surface area contributed by atoms with Crippen molar-refractivity contribution in [2.24, 2.45) is 0 Å². The summed E-state index contributed by atoms with van der Waals surface area (Å²) in [5, 5.41) is 51.0. The van der Waals surface area contributed by atoms with Gasteiger partial charge in [0.15, 0.2) is 12.4 Å². The third-order valence-corrected chi connectivity index (χ3v) is 3.74. The Morgan fingerprint density at radius 1 is 1.29 bits per heavy atom. The number of aromatic hydroxyl groups is 1. The van der Waals surface area contributed by atoms with Crippen LogP contribution in [0.3, 0.4) is 0 Å². The fourth-order valence-corrected chi connectivity index (χ4v) is 2.48. The molecule has 0 spiro atoms. The van der Waals surface area contributed by atoms with Gasteiger partial charge in [0.05, 0.1) is 6.10 Å². The van der Waals surface area contributed by atoms with Gasteiger partial charge in [-0.3, -0.25) is 0 Å². The lowest BCUT2D eigenvalue weighted by Crippen LogP contribution is -2.60. The van der Waals surface area contributed by atoms with Crippen LogP contribution in [0.4, 0.5) is 0 Å². The van der Waals surface area contributed by atoms with Crippen LogP contribution in [0.2, 0.25) is 0 Å². The summed E-state index contributed by atoms with van der Waals surface area (Å²) in [7, 11) is 1.66. The van der Waals surface area contributed by atoms with Crippen molar-refractivity contribution in [3.63, 3.8) is 0 Å². The third kappa shape index (κ3) is 4.01. The smallest absolute Gasteiger partial charge is 0.335 e. The molecule has 6 N–H and O–H groups in total. The van der Waals surface area contributed by atoms with Crippen LogP contribution in [0.15, 0.2) is 24.3 Å². The van der Waals surface area contributed by atoms with E-state index in [4.69, 9.17) is 14.6 Å². The van der Waals surface area contributed by atoms with E-state index in [2.05, 4.69) is 5.32 Å². The quantitative estimate of drug-likeness (QED) is 0.365. The molecular weight excluding hydrogens is 322 g/mol. The van der Waals surface area contributed by atoms with Crippen molar-refractivity contribution in [3.8, 4) is 5.75 Å². The van der Waals surface area contributed by atoms with Gasteiger partial charge in [0, 0.05) is 6.54 Å². The highest BCUT2D eigenvalue weighted by atomic mass is 16.7. The average molecular weight is 343 g/mol. The van der Waals surface area contributed by atoms with Gasteiger partial charge in [0.2, 0.25) is 0 Å². The Hall–Kier alpha value is -1.75. The lowest BCUT2D eigenvalue weighted by Gasteiger charge is -2.39. The van der Waals surface area contributed by atoms with Crippen molar-refractivity contribution in [2.75, 3.05) is 13.6 Å². The second-order valence-corrected chi connectivity index (χ2v) is 5.51. The SMILES string of the molecule is CNC[C@H](O[C@@H]1OC(C(=O)O)[C@@H](O)[C@H](O)[C@@H]1O)c1cccc(O)c1. The number of aliphatic carboxylic acids is 1. The summed E-state index contributed by atoms with van der Waals surface area (Å²) >= 11 is 0. The number of nitrogens with one attached hydrogen (secondary N) is 1. The molecule has 1 saturated heterocycles. The molecule has 2 rings (SSSR count). The summed E-state index contributed by atoms with van der Waals surface area (Å²) in [4.78, 5) is 11.1. The Morgan fingerprint density at radius 3 is 2.58 bits per heavy atom. The summed E-state index contributed by atoms with van der Waals surface area (Å²) < 4.78 is 10.7. The molecule has 1 aliphatic heterocycles. The maximum atomic E-state index is 11.1. The van der Waals surface area contributed by atoms with Crippen LogP contribution in [0, 0.1) is 0 Å². The number of likely N-dealkylation sites (N-methyl/N-ethyl adjacent to an activating group) is 1. The first-order valence-electron chi connectivity index (χ1n) is 7.36. The molecule has 1 unspecified atom stereocenters. The summed E-state index contributed by atoms with van der Waals surface area (Å²) in [6.45, 7) is 0.270. The number of ether oxygens (including phenoxy) is 2. The zero-order valence-electron chi connectivity index (χ0n) is 12.9. The number of hydrogen-bond acceptors (Lipinski definition) is 8. The predicted molar refractivity (Wildman–Crippen MR) is 80.2 cm³/mol. The Labute approximate surface area is 138 Å². The van der Waals surface area contributed by atoms with Gasteiger partial charge in [-0.25, -0.2) is 4.79 Å². The van der Waals surface area contributed by atoms with Crippen LogP contribution >= 0.6 is 0 Å². The highest BCUT2D eigenvalue weighted by Gasteiger charge is 2.48. The summed E-state index contributed by atoms with van der Waals surface area (Å²) in [5.74, 6) is -1.47. The molecule has 0 aliphatic carbocycles. The molecule has 24 heavy (non-hydrogen) atoms. The van der Waals surface area contributed by atoms with E-state index in [1.807, 2.05) is 0 Å². The number of aliphatic hydroxyl groups excluding tert-OH is 3. The second kappa shape index (κ2) is 7.88. The van der Waals surface area contributed by atoms with Crippen molar-refractivity contribution in [2.45, 2.75) is 36.8 Å². The first-order chi connectivity index (χ1) is 11.3. The number of hydrogen-bond donors (Lipinski definition) is 6. The number of carboxylic acid groups (broad SMARTS) is 1. The van der Waals surface area contributed by atoms with Gasteiger partial charge in [-0.15, -0.1) is 0 Å². The van der Waals surface area contributed by atoms with Crippen molar-refractivity contribution < 1.29 is 39.8 Å². The Balaban J connectivity index is 2.19. The van der Waals surface area contributed by atoms with Crippen molar-refractivity contribution in [1.29, 1.82) is 0 Å². The fourth-order valence-electron chi connectivity index (χ4n) is 2.48. The highest BCUT2D eigenvalue weighted by Crippen LogP contribution is 2.28. The molecule has 0 aromatic heterocycles. The van der Waals surface area contributed by atoms with E-state index < -0.39 is 42.8 Å². The number of phenolic OH excluding ortho intramolecular Hbond substituents is 1. The monoisotopic (exact) mass is 343 g/mol. The normalized spacial score (nSPS) is 31.6. The van der Waals surface area contributed by atoms with Gasteiger partial charge in [-0.05, 0) is 24.7 Å². The molecule has 9 nitrogen and oxygen atoms in total. The molecule has 1 aromatic rings. The Morgan fingerprint density at radius 2 is 2.00 bits per heavy atom. The molecular formula is C15H21NO8. The summed E-state index contributed by atoms with van der Waals surface area (Å²) in [5.41, 5.74) is 0.563. The number of carboxylic acids is 1. The molecule has 0 bridgehead atoms. The summed E-state index contributed by atoms with van der Waals surface area (Å²) in [6, 6.07) is 6.22. The minimum Gasteiger partial charge on any atom is -0.508 e. The van der Waals surface area contributed by atoms with Crippen LogP contribution in [0.1, 0.15) is 11.7 Å². The zero-order valence-corrected chi connectivity index (χ0v) is 12.9. The summed E-state index contributed by atoms with van der Waals surface area (Å²) in [6.07, 6.45) is -9.03. The maximum Gasteiger partial charge on any atom is 0.335 e. The number of aliphatic hydroxyl groups is 3. The number of rotatable bonds is 6. The molecule has 6 atom stereocenters. The topological polar surface area (TPSA) is 149 Å². The minimum absolute atomic E-state index is 0.0150. The van der Waals surface area contributed by atoms with E-state index in [9.17, 15) is 25.2 Å². The van der Waals surface area contributed by atoms with Crippen LogP contribution in [0.5, 0.6) is 5.75 Å². The molecule has 1 fully saturated rings. The van der Waals surface area contributed by atoms with E-state index in [0.717, 1.165) is 0 Å². The molecule has 0 radical (unpaired) electrons.